The van der Waals surface area contributed by atoms with Crippen LogP contribution in [0.4, 0.5) is 0 Å². The van der Waals surface area contributed by atoms with Crippen LogP contribution in [0.15, 0.2) is 0 Å². The molecule has 0 aromatic rings. The lowest BCUT2D eigenvalue weighted by Gasteiger charge is -2.13. The molecule has 0 radical (unpaired) electrons. The Bertz CT molecular complexity index is 187. The molecule has 1 rings (SSSR count). The average Bonchev–Trinajstić information content (AvgIpc) is 2.46. The van der Waals surface area contributed by atoms with E-state index >= 15 is 0 Å². The van der Waals surface area contributed by atoms with Crippen molar-refractivity contribution in [3.8, 4) is 0 Å². The number of aliphatic hydroxyl groups is 2. The lowest BCUT2D eigenvalue weighted by Crippen LogP contribution is -2.23. The van der Waals surface area contributed by atoms with Crippen molar-refractivity contribution in [1.29, 1.82) is 0 Å². The van der Waals surface area contributed by atoms with Crippen molar-refractivity contribution in [2.45, 2.75) is 25.0 Å². The summed E-state index contributed by atoms with van der Waals surface area (Å²) < 4.78 is 4.50. The van der Waals surface area contributed by atoms with Crippen LogP contribution in [0.2, 0.25) is 0 Å². The molecular formula is C9H17NO4. The lowest BCUT2D eigenvalue weighted by molar-refractivity contribution is -0.140. The maximum Gasteiger partial charge on any atom is 0.305 e. The largest absolute Gasteiger partial charge is 0.469 e. The highest BCUT2D eigenvalue weighted by molar-refractivity contribution is 5.69. The smallest absolute Gasteiger partial charge is 0.305 e. The van der Waals surface area contributed by atoms with Gasteiger partial charge in [0, 0.05) is 19.5 Å². The van der Waals surface area contributed by atoms with E-state index in [1.807, 2.05) is 4.90 Å². The number of methoxy groups -OCH3 is 1. The molecule has 0 spiro atoms. The van der Waals surface area contributed by atoms with E-state index in [9.17, 15) is 15.0 Å². The molecule has 2 N–H and O–H groups in total. The van der Waals surface area contributed by atoms with E-state index in [1.165, 1.54) is 7.11 Å². The van der Waals surface area contributed by atoms with Crippen LogP contribution in [0.3, 0.4) is 0 Å². The van der Waals surface area contributed by atoms with Crippen LogP contribution in [0.25, 0.3) is 0 Å². The normalized spacial score (nSPS) is 27.9. The zero-order valence-corrected chi connectivity index (χ0v) is 8.35. The summed E-state index contributed by atoms with van der Waals surface area (Å²) in [5.41, 5.74) is 0. The van der Waals surface area contributed by atoms with Gasteiger partial charge in [0.05, 0.1) is 19.3 Å². The standard InChI is InChI=1S/C9H17NO4/c1-14-9(13)3-2-4-10-5-7(11)8(12)6-10/h7-8,11-12H,2-6H2,1H3. The van der Waals surface area contributed by atoms with Gasteiger partial charge in [0.1, 0.15) is 0 Å². The second kappa shape index (κ2) is 5.29. The van der Waals surface area contributed by atoms with Gasteiger partial charge in [-0.2, -0.15) is 0 Å². The molecule has 0 aliphatic carbocycles. The number of ether oxygens (including phenoxy) is 1. The van der Waals surface area contributed by atoms with Gasteiger partial charge in [0.2, 0.25) is 0 Å². The van der Waals surface area contributed by atoms with Gasteiger partial charge in [-0.15, -0.1) is 0 Å². The van der Waals surface area contributed by atoms with Crippen molar-refractivity contribution < 1.29 is 19.7 Å². The van der Waals surface area contributed by atoms with Gasteiger partial charge < -0.3 is 14.9 Å². The molecule has 82 valence electrons. The molecule has 5 nitrogen and oxygen atoms in total. The number of likely N-dealkylation sites (tertiary alicyclic amines) is 1. The summed E-state index contributed by atoms with van der Waals surface area (Å²) in [5, 5.41) is 18.5. The van der Waals surface area contributed by atoms with E-state index in [2.05, 4.69) is 4.74 Å². The molecule has 0 saturated carbocycles. The summed E-state index contributed by atoms with van der Waals surface area (Å²) in [6.45, 7) is 1.69. The minimum absolute atomic E-state index is 0.217. The molecule has 1 heterocycles. The highest BCUT2D eigenvalue weighted by Crippen LogP contribution is 2.10. The van der Waals surface area contributed by atoms with Gasteiger partial charge in [0.25, 0.3) is 0 Å². The quantitative estimate of drug-likeness (QED) is 0.572. The summed E-state index contributed by atoms with van der Waals surface area (Å²) in [6.07, 6.45) is -0.202. The molecule has 1 fully saturated rings. The second-order valence-electron chi connectivity index (χ2n) is 3.57. The van der Waals surface area contributed by atoms with Crippen LogP contribution < -0.4 is 0 Å². The highest BCUT2D eigenvalue weighted by Gasteiger charge is 2.28. The Hall–Kier alpha value is -0.650. The van der Waals surface area contributed by atoms with Crippen molar-refractivity contribution in [1.82, 2.24) is 4.90 Å². The summed E-state index contributed by atoms with van der Waals surface area (Å²) >= 11 is 0. The topological polar surface area (TPSA) is 70.0 Å². The Kier molecular flexibility index (Phi) is 4.31. The Morgan fingerprint density at radius 3 is 2.50 bits per heavy atom. The van der Waals surface area contributed by atoms with Crippen LogP contribution in [-0.4, -0.2) is 60.0 Å². The third-order valence-electron chi connectivity index (χ3n) is 2.42. The monoisotopic (exact) mass is 203 g/mol. The van der Waals surface area contributed by atoms with E-state index < -0.39 is 12.2 Å². The highest BCUT2D eigenvalue weighted by atomic mass is 16.5. The first kappa shape index (κ1) is 11.4. The molecule has 2 atom stereocenters. The Morgan fingerprint density at radius 1 is 1.43 bits per heavy atom. The fourth-order valence-corrected chi connectivity index (χ4v) is 1.58. The van der Waals surface area contributed by atoms with E-state index in [-0.39, 0.29) is 5.97 Å². The fourth-order valence-electron chi connectivity index (χ4n) is 1.58. The minimum atomic E-state index is -0.645. The first-order chi connectivity index (χ1) is 6.63. The van der Waals surface area contributed by atoms with Crippen molar-refractivity contribution in [2.75, 3.05) is 26.7 Å². The average molecular weight is 203 g/mol. The predicted octanol–water partition coefficient (Wildman–Crippen LogP) is -1.02. The summed E-state index contributed by atoms with van der Waals surface area (Å²) in [5.74, 6) is -0.217. The molecule has 0 amide bonds. The number of rotatable bonds is 4. The molecule has 1 aliphatic heterocycles. The fraction of sp³-hybridized carbons (Fsp3) is 0.889. The molecule has 0 bridgehead atoms. The molecule has 5 heteroatoms. The van der Waals surface area contributed by atoms with Crippen LogP contribution >= 0.6 is 0 Å². The number of hydrogen-bond acceptors (Lipinski definition) is 5. The van der Waals surface area contributed by atoms with Gasteiger partial charge in [-0.25, -0.2) is 0 Å². The maximum atomic E-state index is 10.8. The van der Waals surface area contributed by atoms with Crippen molar-refractivity contribution in [2.24, 2.45) is 0 Å². The summed E-state index contributed by atoms with van der Waals surface area (Å²) in [7, 11) is 1.37. The van der Waals surface area contributed by atoms with Crippen molar-refractivity contribution in [3.63, 3.8) is 0 Å². The Balaban J connectivity index is 2.11. The number of carbonyl (C=O) groups excluding carboxylic acids is 1. The van der Waals surface area contributed by atoms with Gasteiger partial charge in [0.15, 0.2) is 0 Å². The number of esters is 1. The molecule has 14 heavy (non-hydrogen) atoms. The van der Waals surface area contributed by atoms with Crippen LogP contribution in [0, 0.1) is 0 Å². The van der Waals surface area contributed by atoms with Crippen molar-refractivity contribution in [3.05, 3.63) is 0 Å². The van der Waals surface area contributed by atoms with Gasteiger partial charge in [-0.1, -0.05) is 0 Å². The van der Waals surface area contributed by atoms with Crippen molar-refractivity contribution >= 4 is 5.97 Å². The summed E-state index contributed by atoms with van der Waals surface area (Å²) in [4.78, 5) is 12.7. The molecule has 1 aliphatic rings. The second-order valence-corrected chi connectivity index (χ2v) is 3.57. The Morgan fingerprint density at radius 2 is 2.00 bits per heavy atom. The first-order valence-corrected chi connectivity index (χ1v) is 4.78. The first-order valence-electron chi connectivity index (χ1n) is 4.78. The van der Waals surface area contributed by atoms with Crippen LogP contribution in [0.1, 0.15) is 12.8 Å². The van der Waals surface area contributed by atoms with E-state index in [0.29, 0.717) is 32.5 Å². The molecule has 1 saturated heterocycles. The SMILES string of the molecule is COC(=O)CCCN1CC(O)C(O)C1. The van der Waals surface area contributed by atoms with Gasteiger partial charge >= 0.3 is 5.97 Å². The van der Waals surface area contributed by atoms with Crippen LogP contribution in [-0.2, 0) is 9.53 Å². The van der Waals surface area contributed by atoms with Gasteiger partial charge in [-0.05, 0) is 13.0 Å². The molecule has 0 aromatic heterocycles. The number of β-amino-alcohol motifs (C(OH)–C–C–N with tert-alkyl or cyclic N) is 2. The van der Waals surface area contributed by atoms with E-state index in [0.717, 1.165) is 0 Å². The third-order valence-corrected chi connectivity index (χ3v) is 2.42. The zero-order valence-electron chi connectivity index (χ0n) is 8.35. The molecule has 2 unspecified atom stereocenters. The summed E-state index contributed by atoms with van der Waals surface area (Å²) in [6, 6.07) is 0. The van der Waals surface area contributed by atoms with E-state index in [1.54, 1.807) is 0 Å². The zero-order chi connectivity index (χ0) is 10.6. The number of carbonyl (C=O) groups is 1. The van der Waals surface area contributed by atoms with Crippen LogP contribution in [0.5, 0.6) is 0 Å². The maximum absolute atomic E-state index is 10.8. The Labute approximate surface area is 83.3 Å². The van der Waals surface area contributed by atoms with E-state index in [4.69, 9.17) is 0 Å². The predicted molar refractivity (Wildman–Crippen MR) is 49.7 cm³/mol. The molecular weight excluding hydrogens is 186 g/mol. The number of aliphatic hydroxyl groups excluding tert-OH is 2. The van der Waals surface area contributed by atoms with Gasteiger partial charge in [-0.3, -0.25) is 9.69 Å². The molecule has 0 aromatic carbocycles. The lowest BCUT2D eigenvalue weighted by atomic mass is 10.3. The third kappa shape index (κ3) is 3.25. The minimum Gasteiger partial charge on any atom is -0.469 e. The number of hydrogen-bond donors (Lipinski definition) is 2. The number of nitrogens with zero attached hydrogens (tertiary/aromatic N) is 1.